The van der Waals surface area contributed by atoms with Crippen LogP contribution in [0.3, 0.4) is 0 Å². The highest BCUT2D eigenvalue weighted by molar-refractivity contribution is 5.87. The van der Waals surface area contributed by atoms with Gasteiger partial charge in [0.15, 0.2) is 11.6 Å². The lowest BCUT2D eigenvalue weighted by molar-refractivity contribution is -0.152. The molecule has 2 aliphatic heterocycles. The van der Waals surface area contributed by atoms with Gasteiger partial charge in [-0.15, -0.1) is 0 Å². The average molecular weight is 497 g/mol. The largest absolute Gasteiger partial charge is 0.468 e. The molecule has 36 heavy (non-hydrogen) atoms. The fourth-order valence-electron chi connectivity index (χ4n) is 5.87. The Labute approximate surface area is 208 Å². The molecule has 2 aromatic carbocycles. The normalized spacial score (nSPS) is 23.7. The summed E-state index contributed by atoms with van der Waals surface area (Å²) in [6, 6.07) is 10.9. The summed E-state index contributed by atoms with van der Waals surface area (Å²) >= 11 is 0. The molecule has 7 nitrogen and oxygen atoms in total. The van der Waals surface area contributed by atoms with Crippen LogP contribution in [0.25, 0.3) is 10.9 Å². The van der Waals surface area contributed by atoms with E-state index in [4.69, 9.17) is 4.74 Å². The summed E-state index contributed by atoms with van der Waals surface area (Å²) in [7, 11) is 1.38. The number of hydrogen-bond acceptors (Lipinski definition) is 5. The Morgan fingerprint density at radius 1 is 1.08 bits per heavy atom. The number of carbonyl (C=O) groups is 2. The first-order valence-electron chi connectivity index (χ1n) is 12.2. The monoisotopic (exact) mass is 496 g/mol. The fraction of sp³-hybridized carbons (Fsp3) is 0.407. The number of halogens is 2. The van der Waals surface area contributed by atoms with Crippen LogP contribution in [-0.2, 0) is 20.7 Å². The third-order valence-electron chi connectivity index (χ3n) is 7.41. The number of carbonyl (C=O) groups excluding carboxylic acids is 2. The topological polar surface area (TPSA) is 86.5 Å². The van der Waals surface area contributed by atoms with Crippen molar-refractivity contribution >= 4 is 22.8 Å². The molecular formula is C27H30F2N4O3. The van der Waals surface area contributed by atoms with Gasteiger partial charge in [-0.25, -0.2) is 8.78 Å². The first-order valence-corrected chi connectivity index (χ1v) is 12.2. The van der Waals surface area contributed by atoms with Crippen LogP contribution < -0.4 is 10.6 Å². The van der Waals surface area contributed by atoms with E-state index in [-0.39, 0.29) is 30.0 Å². The Morgan fingerprint density at radius 3 is 2.61 bits per heavy atom. The number of nitrogens with one attached hydrogen (secondary N) is 3. The van der Waals surface area contributed by atoms with Crippen LogP contribution in [-0.4, -0.2) is 54.0 Å². The van der Waals surface area contributed by atoms with E-state index < -0.39 is 17.7 Å². The van der Waals surface area contributed by atoms with E-state index in [0.29, 0.717) is 37.9 Å². The van der Waals surface area contributed by atoms with Crippen molar-refractivity contribution in [1.82, 2.24) is 20.5 Å². The first-order chi connectivity index (χ1) is 17.4. The first kappa shape index (κ1) is 24.4. The van der Waals surface area contributed by atoms with E-state index in [1.165, 1.54) is 20.1 Å². The second-order valence-corrected chi connectivity index (χ2v) is 9.56. The number of para-hydroxylation sites is 1. The van der Waals surface area contributed by atoms with Crippen LogP contribution >= 0.6 is 0 Å². The van der Waals surface area contributed by atoms with Gasteiger partial charge in [-0.2, -0.15) is 0 Å². The molecule has 3 heterocycles. The summed E-state index contributed by atoms with van der Waals surface area (Å²) in [5, 5.41) is 7.38. The molecule has 0 aliphatic carbocycles. The van der Waals surface area contributed by atoms with Crippen molar-refractivity contribution in [3.63, 3.8) is 0 Å². The molecular weight excluding hydrogens is 466 g/mol. The van der Waals surface area contributed by atoms with Gasteiger partial charge in [0.25, 0.3) is 0 Å². The van der Waals surface area contributed by atoms with E-state index >= 15 is 0 Å². The van der Waals surface area contributed by atoms with Crippen molar-refractivity contribution in [2.45, 2.75) is 50.4 Å². The van der Waals surface area contributed by atoms with E-state index in [2.05, 4.69) is 20.5 Å². The summed E-state index contributed by atoms with van der Waals surface area (Å²) < 4.78 is 33.4. The molecule has 1 fully saturated rings. The molecule has 190 valence electrons. The van der Waals surface area contributed by atoms with Crippen LogP contribution in [0.1, 0.15) is 48.7 Å². The molecule has 0 bridgehead atoms. The molecule has 3 aromatic rings. The maximum absolute atomic E-state index is 14.3. The standard InChI is InChI=1S/C27H30F2N4O3/c1-15(34)30-9-10-31-17-12-23(16-7-8-20(28)21(29)11-16)33-24(13-17)26-19(14-25(33)27(35)36-2)18-5-3-4-6-22(18)32-26/h3-8,11,17,23-25,31-32H,9-10,12-14H2,1-2H3,(H,30,34). The maximum atomic E-state index is 14.3. The molecule has 1 saturated heterocycles. The van der Waals surface area contributed by atoms with E-state index in [0.717, 1.165) is 28.2 Å². The van der Waals surface area contributed by atoms with Crippen molar-refractivity contribution in [1.29, 1.82) is 0 Å². The maximum Gasteiger partial charge on any atom is 0.323 e. The lowest BCUT2D eigenvalue weighted by atomic mass is 9.79. The van der Waals surface area contributed by atoms with Gasteiger partial charge in [0, 0.05) is 55.1 Å². The summed E-state index contributed by atoms with van der Waals surface area (Å²) in [6.45, 7) is 2.53. The summed E-state index contributed by atoms with van der Waals surface area (Å²) in [4.78, 5) is 30.0. The number of hydrogen-bond donors (Lipinski definition) is 3. The Balaban J connectivity index is 1.57. The second kappa shape index (κ2) is 9.99. The highest BCUT2D eigenvalue weighted by Crippen LogP contribution is 2.48. The van der Waals surface area contributed by atoms with Crippen molar-refractivity contribution in [3.8, 4) is 0 Å². The molecule has 9 heteroatoms. The number of nitrogens with zero attached hydrogens (tertiary/aromatic N) is 1. The number of esters is 1. The SMILES string of the molecule is COC(=O)C1Cc2c([nH]c3ccccc23)C2CC(NCCNC(C)=O)CC(c3ccc(F)c(F)c3)N12. The number of ether oxygens (including phenoxy) is 1. The zero-order valence-electron chi connectivity index (χ0n) is 20.3. The molecule has 0 saturated carbocycles. The van der Waals surface area contributed by atoms with Crippen molar-refractivity contribution in [3.05, 3.63) is 70.9 Å². The lowest BCUT2D eigenvalue weighted by Crippen LogP contribution is -2.56. The zero-order valence-corrected chi connectivity index (χ0v) is 20.3. The van der Waals surface area contributed by atoms with Gasteiger partial charge in [-0.05, 0) is 42.2 Å². The van der Waals surface area contributed by atoms with Crippen molar-refractivity contribution < 1.29 is 23.1 Å². The Bertz CT molecular complexity index is 1290. The third kappa shape index (κ3) is 4.49. The molecule has 1 aromatic heterocycles. The number of aromatic nitrogens is 1. The number of benzene rings is 2. The molecule has 0 spiro atoms. The highest BCUT2D eigenvalue weighted by atomic mass is 19.2. The van der Waals surface area contributed by atoms with Gasteiger partial charge in [0.2, 0.25) is 5.91 Å². The van der Waals surface area contributed by atoms with Gasteiger partial charge >= 0.3 is 5.97 Å². The fourth-order valence-corrected chi connectivity index (χ4v) is 5.87. The second-order valence-electron chi connectivity index (χ2n) is 9.56. The Hall–Kier alpha value is -3.30. The summed E-state index contributed by atoms with van der Waals surface area (Å²) in [5.74, 6) is -2.26. The van der Waals surface area contributed by atoms with Crippen LogP contribution in [0.2, 0.25) is 0 Å². The Kier molecular flexibility index (Phi) is 6.77. The van der Waals surface area contributed by atoms with Gasteiger partial charge in [0.1, 0.15) is 6.04 Å². The Morgan fingerprint density at radius 2 is 1.86 bits per heavy atom. The molecule has 0 radical (unpaired) electrons. The van der Waals surface area contributed by atoms with Crippen LogP contribution in [0.5, 0.6) is 0 Å². The molecule has 5 rings (SSSR count). The number of methoxy groups -OCH3 is 1. The quantitative estimate of drug-likeness (QED) is 0.359. The van der Waals surface area contributed by atoms with Gasteiger partial charge < -0.3 is 20.4 Å². The van der Waals surface area contributed by atoms with Crippen LogP contribution in [0.4, 0.5) is 8.78 Å². The summed E-state index contributed by atoms with van der Waals surface area (Å²) in [6.07, 6.45) is 1.75. The number of amides is 1. The van der Waals surface area contributed by atoms with E-state index in [9.17, 15) is 18.4 Å². The molecule has 3 N–H and O–H groups in total. The molecule has 2 aliphatic rings. The van der Waals surface area contributed by atoms with Crippen molar-refractivity contribution in [2.75, 3.05) is 20.2 Å². The van der Waals surface area contributed by atoms with Crippen LogP contribution in [0.15, 0.2) is 42.5 Å². The molecule has 1 amide bonds. The zero-order chi connectivity index (χ0) is 25.4. The molecule has 4 unspecified atom stereocenters. The van der Waals surface area contributed by atoms with Crippen molar-refractivity contribution in [2.24, 2.45) is 0 Å². The predicted molar refractivity (Wildman–Crippen MR) is 131 cm³/mol. The predicted octanol–water partition coefficient (Wildman–Crippen LogP) is 3.52. The number of fused-ring (bicyclic) bond motifs is 5. The summed E-state index contributed by atoms with van der Waals surface area (Å²) in [5.41, 5.74) is 3.74. The molecule has 4 atom stereocenters. The number of H-pyrrole nitrogens is 1. The number of piperidine rings is 1. The number of rotatable bonds is 6. The van der Waals surface area contributed by atoms with Gasteiger partial charge in [-0.3, -0.25) is 14.5 Å². The minimum Gasteiger partial charge on any atom is -0.468 e. The van der Waals surface area contributed by atoms with Gasteiger partial charge in [-0.1, -0.05) is 24.3 Å². The van der Waals surface area contributed by atoms with E-state index in [1.54, 1.807) is 6.07 Å². The minimum absolute atomic E-state index is 0.0220. The lowest BCUT2D eigenvalue weighted by Gasteiger charge is -2.50. The third-order valence-corrected chi connectivity index (χ3v) is 7.41. The highest BCUT2D eigenvalue weighted by Gasteiger charge is 2.48. The van der Waals surface area contributed by atoms with E-state index in [1.807, 2.05) is 24.3 Å². The minimum atomic E-state index is -0.914. The van der Waals surface area contributed by atoms with Gasteiger partial charge in [0.05, 0.1) is 13.2 Å². The number of aromatic amines is 1. The average Bonchev–Trinajstić information content (AvgIpc) is 3.25. The van der Waals surface area contributed by atoms with Crippen LogP contribution in [0, 0.1) is 11.6 Å². The smallest absolute Gasteiger partial charge is 0.323 e.